The van der Waals surface area contributed by atoms with E-state index in [1.54, 1.807) is 19.9 Å². The van der Waals surface area contributed by atoms with E-state index in [2.05, 4.69) is 17.4 Å². The van der Waals surface area contributed by atoms with Crippen molar-refractivity contribution in [3.05, 3.63) is 94.5 Å². The topological polar surface area (TPSA) is 117 Å². The Morgan fingerprint density at radius 2 is 1.40 bits per heavy atom. The molecule has 9 nitrogen and oxygen atoms in total. The van der Waals surface area contributed by atoms with E-state index in [1.807, 2.05) is 48.5 Å². The highest BCUT2D eigenvalue weighted by Crippen LogP contribution is 2.44. The first kappa shape index (κ1) is 29.8. The normalized spacial score (nSPS) is 15.0. The van der Waals surface area contributed by atoms with Crippen LogP contribution in [0.1, 0.15) is 47.6 Å². The maximum Gasteiger partial charge on any atom is 0.407 e. The van der Waals surface area contributed by atoms with E-state index < -0.39 is 35.5 Å². The van der Waals surface area contributed by atoms with Crippen molar-refractivity contribution < 1.29 is 38.1 Å². The average molecular weight is 586 g/mol. The summed E-state index contributed by atoms with van der Waals surface area (Å²) < 4.78 is 21.1. The largest absolute Gasteiger partial charge is 0.467 e. The SMILES string of the molecule is CCOC(=O)C1(C(=O)OCC)Cc2ccc(C[C@H](NC(=O)OCC3c4ccccc4-c4ccccc43)C(=O)OC)cc2C1. The van der Waals surface area contributed by atoms with Crippen molar-refractivity contribution in [2.75, 3.05) is 26.9 Å². The van der Waals surface area contributed by atoms with Gasteiger partial charge in [-0.2, -0.15) is 0 Å². The van der Waals surface area contributed by atoms with Crippen LogP contribution >= 0.6 is 0 Å². The molecule has 0 radical (unpaired) electrons. The van der Waals surface area contributed by atoms with E-state index in [1.165, 1.54) is 7.11 Å². The van der Waals surface area contributed by atoms with Gasteiger partial charge in [0.15, 0.2) is 5.41 Å². The lowest BCUT2D eigenvalue weighted by Crippen LogP contribution is -2.43. The molecule has 1 N–H and O–H groups in total. The maximum atomic E-state index is 12.9. The van der Waals surface area contributed by atoms with Crippen LogP contribution in [0.2, 0.25) is 0 Å². The molecule has 2 aliphatic carbocycles. The third-order valence-electron chi connectivity index (χ3n) is 8.15. The molecule has 3 aromatic carbocycles. The van der Waals surface area contributed by atoms with Crippen LogP contribution in [0.15, 0.2) is 66.7 Å². The Labute approximate surface area is 250 Å². The van der Waals surface area contributed by atoms with E-state index in [9.17, 15) is 19.2 Å². The molecule has 0 saturated heterocycles. The Morgan fingerprint density at radius 3 is 1.98 bits per heavy atom. The van der Waals surface area contributed by atoms with Crippen LogP contribution in [0.5, 0.6) is 0 Å². The van der Waals surface area contributed by atoms with Gasteiger partial charge < -0.3 is 24.3 Å². The summed E-state index contributed by atoms with van der Waals surface area (Å²) in [4.78, 5) is 51.5. The molecule has 0 spiro atoms. The number of carbonyl (C=O) groups is 4. The van der Waals surface area contributed by atoms with Crippen LogP contribution < -0.4 is 5.32 Å². The zero-order valence-electron chi connectivity index (χ0n) is 24.5. The number of hydrogen-bond donors (Lipinski definition) is 1. The highest BCUT2D eigenvalue weighted by molar-refractivity contribution is 6.01. The predicted octanol–water partition coefficient (Wildman–Crippen LogP) is 4.52. The molecule has 0 saturated carbocycles. The van der Waals surface area contributed by atoms with Gasteiger partial charge in [0.05, 0.1) is 20.3 Å². The van der Waals surface area contributed by atoms with Gasteiger partial charge in [-0.1, -0.05) is 66.7 Å². The van der Waals surface area contributed by atoms with E-state index in [0.29, 0.717) is 0 Å². The summed E-state index contributed by atoms with van der Waals surface area (Å²) in [6.45, 7) is 3.77. The minimum atomic E-state index is -1.45. The van der Waals surface area contributed by atoms with E-state index in [0.717, 1.165) is 38.9 Å². The number of fused-ring (bicyclic) bond motifs is 4. The van der Waals surface area contributed by atoms with E-state index in [-0.39, 0.29) is 45.0 Å². The van der Waals surface area contributed by atoms with Crippen molar-refractivity contribution >= 4 is 24.0 Å². The summed E-state index contributed by atoms with van der Waals surface area (Å²) in [5.41, 5.74) is 5.27. The van der Waals surface area contributed by atoms with Gasteiger partial charge in [0.1, 0.15) is 12.6 Å². The lowest BCUT2D eigenvalue weighted by Gasteiger charge is -2.24. The van der Waals surface area contributed by atoms with Crippen molar-refractivity contribution in [2.45, 2.75) is 45.1 Å². The maximum absolute atomic E-state index is 12.9. The Balaban J connectivity index is 1.28. The highest BCUT2D eigenvalue weighted by Gasteiger charge is 2.53. The molecule has 1 atom stereocenters. The summed E-state index contributed by atoms with van der Waals surface area (Å²) in [6.07, 6.45) is -0.326. The van der Waals surface area contributed by atoms with Crippen LogP contribution in [0.25, 0.3) is 11.1 Å². The van der Waals surface area contributed by atoms with Crippen molar-refractivity contribution in [3.63, 3.8) is 0 Å². The Kier molecular flexibility index (Phi) is 8.80. The second kappa shape index (κ2) is 12.7. The second-order valence-electron chi connectivity index (χ2n) is 10.7. The van der Waals surface area contributed by atoms with Crippen LogP contribution in [0.3, 0.4) is 0 Å². The molecule has 0 heterocycles. The number of methoxy groups -OCH3 is 1. The van der Waals surface area contributed by atoms with Crippen molar-refractivity contribution in [2.24, 2.45) is 5.41 Å². The number of carbonyl (C=O) groups excluding carboxylic acids is 4. The van der Waals surface area contributed by atoms with Gasteiger partial charge in [0.2, 0.25) is 0 Å². The van der Waals surface area contributed by atoms with Gasteiger partial charge in [0, 0.05) is 12.3 Å². The number of alkyl carbamates (subject to hydrolysis) is 1. The molecule has 0 bridgehead atoms. The summed E-state index contributed by atoms with van der Waals surface area (Å²) in [7, 11) is 1.25. The minimum Gasteiger partial charge on any atom is -0.467 e. The molecular formula is C34H35NO8. The zero-order valence-corrected chi connectivity index (χ0v) is 24.5. The highest BCUT2D eigenvalue weighted by atomic mass is 16.6. The molecule has 0 fully saturated rings. The first-order valence-corrected chi connectivity index (χ1v) is 14.5. The van der Waals surface area contributed by atoms with Crippen molar-refractivity contribution in [3.8, 4) is 11.1 Å². The lowest BCUT2D eigenvalue weighted by atomic mass is 9.84. The van der Waals surface area contributed by atoms with Crippen molar-refractivity contribution in [1.29, 1.82) is 0 Å². The molecule has 224 valence electrons. The van der Waals surface area contributed by atoms with Gasteiger partial charge in [0.25, 0.3) is 0 Å². The lowest BCUT2D eigenvalue weighted by molar-refractivity contribution is -0.171. The number of esters is 3. The first-order chi connectivity index (χ1) is 20.8. The minimum absolute atomic E-state index is 0.108. The Bertz CT molecular complexity index is 1480. The van der Waals surface area contributed by atoms with E-state index >= 15 is 0 Å². The first-order valence-electron chi connectivity index (χ1n) is 14.5. The molecule has 2 aliphatic rings. The van der Waals surface area contributed by atoms with Crippen LogP contribution in [0.4, 0.5) is 4.79 Å². The number of ether oxygens (including phenoxy) is 4. The Hall–Kier alpha value is -4.66. The molecule has 0 aliphatic heterocycles. The number of nitrogens with one attached hydrogen (secondary N) is 1. The summed E-state index contributed by atoms with van der Waals surface area (Å²) in [5, 5.41) is 2.66. The molecule has 5 rings (SSSR count). The van der Waals surface area contributed by atoms with Gasteiger partial charge in [-0.25, -0.2) is 9.59 Å². The van der Waals surface area contributed by atoms with Gasteiger partial charge >= 0.3 is 24.0 Å². The van der Waals surface area contributed by atoms with Crippen LogP contribution in [0, 0.1) is 5.41 Å². The quantitative estimate of drug-likeness (QED) is 0.210. The molecule has 0 aromatic heterocycles. The van der Waals surface area contributed by atoms with Gasteiger partial charge in [-0.15, -0.1) is 0 Å². The monoisotopic (exact) mass is 585 g/mol. The Morgan fingerprint density at radius 1 is 0.814 bits per heavy atom. The number of rotatable bonds is 10. The predicted molar refractivity (Wildman–Crippen MR) is 157 cm³/mol. The summed E-state index contributed by atoms with van der Waals surface area (Å²) >= 11 is 0. The summed E-state index contributed by atoms with van der Waals surface area (Å²) in [5.74, 6) is -1.97. The fourth-order valence-electron chi connectivity index (χ4n) is 6.12. The van der Waals surface area contributed by atoms with Gasteiger partial charge in [-0.05, 0) is 65.6 Å². The third-order valence-corrected chi connectivity index (χ3v) is 8.15. The van der Waals surface area contributed by atoms with E-state index in [4.69, 9.17) is 18.9 Å². The second-order valence-corrected chi connectivity index (χ2v) is 10.7. The number of amides is 1. The standard InChI is InChI=1S/C34H35NO8/c1-4-41-31(37)34(32(38)42-5-2)18-22-15-14-21(16-23(22)19-34)17-29(30(36)40-3)35-33(39)43-20-28-26-12-8-6-10-24(26)25-11-7-9-13-27(25)28/h6-16,28-29H,4-5,17-20H2,1-3H3,(H,35,39)/t29-/m0/s1. The fraction of sp³-hybridized carbons (Fsp3) is 0.353. The molecule has 3 aromatic rings. The smallest absolute Gasteiger partial charge is 0.407 e. The molecular weight excluding hydrogens is 550 g/mol. The summed E-state index contributed by atoms with van der Waals surface area (Å²) in [6, 6.07) is 20.5. The molecule has 43 heavy (non-hydrogen) atoms. The molecule has 0 unspecified atom stereocenters. The van der Waals surface area contributed by atoms with Crippen LogP contribution in [-0.4, -0.2) is 57.0 Å². The third kappa shape index (κ3) is 5.84. The van der Waals surface area contributed by atoms with Gasteiger partial charge in [-0.3, -0.25) is 9.59 Å². The average Bonchev–Trinajstić information content (AvgIpc) is 3.56. The number of hydrogen-bond acceptors (Lipinski definition) is 8. The van der Waals surface area contributed by atoms with Crippen molar-refractivity contribution in [1.82, 2.24) is 5.32 Å². The fourth-order valence-corrected chi connectivity index (χ4v) is 6.12. The zero-order chi connectivity index (χ0) is 30.6. The van der Waals surface area contributed by atoms with Crippen LogP contribution in [-0.2, 0) is 52.6 Å². The molecule has 1 amide bonds. The molecule has 9 heteroatoms. The number of benzene rings is 3.